The van der Waals surface area contributed by atoms with E-state index in [9.17, 15) is 14.0 Å². The number of esters is 2. The van der Waals surface area contributed by atoms with E-state index in [-0.39, 0.29) is 24.6 Å². The van der Waals surface area contributed by atoms with Crippen LogP contribution in [0, 0.1) is 5.82 Å². The van der Waals surface area contributed by atoms with E-state index in [1.807, 2.05) is 0 Å². The molecule has 8 nitrogen and oxygen atoms in total. The number of nitrogens with zero attached hydrogens (tertiary/aromatic N) is 1. The van der Waals surface area contributed by atoms with Crippen LogP contribution in [0.3, 0.4) is 0 Å². The molecule has 1 aliphatic heterocycles. The van der Waals surface area contributed by atoms with Crippen LogP contribution in [0.1, 0.15) is 6.42 Å². The molecule has 1 heterocycles. The summed E-state index contributed by atoms with van der Waals surface area (Å²) >= 11 is 0. The van der Waals surface area contributed by atoms with Crippen LogP contribution in [0.2, 0.25) is 0 Å². The maximum atomic E-state index is 13.9. The Hall–Kier alpha value is -2.65. The van der Waals surface area contributed by atoms with Gasteiger partial charge in [-0.05, 0) is 24.6 Å². The Morgan fingerprint density at radius 3 is 2.63 bits per heavy atom. The lowest BCUT2D eigenvalue weighted by Crippen LogP contribution is -2.39. The molecule has 1 aliphatic rings. The second kappa shape index (κ2) is 9.89. The summed E-state index contributed by atoms with van der Waals surface area (Å²) in [5, 5.41) is 3.17. The van der Waals surface area contributed by atoms with E-state index in [0.29, 0.717) is 24.5 Å². The molecule has 0 aliphatic carbocycles. The molecule has 1 aromatic carbocycles. The third-order valence-electron chi connectivity index (χ3n) is 3.92. The summed E-state index contributed by atoms with van der Waals surface area (Å²) in [5.74, 6) is -1.96. The number of carbonyl (C=O) groups is 2. The normalized spacial score (nSPS) is 14.1. The average molecular weight is 382 g/mol. The fraction of sp³-hybridized carbons (Fsp3) is 0.444. The third-order valence-corrected chi connectivity index (χ3v) is 3.92. The van der Waals surface area contributed by atoms with E-state index in [2.05, 4.69) is 5.32 Å². The van der Waals surface area contributed by atoms with Crippen LogP contribution in [0.25, 0.3) is 0 Å². The zero-order chi connectivity index (χ0) is 19.8. The van der Waals surface area contributed by atoms with Crippen molar-refractivity contribution in [3.8, 4) is 0 Å². The number of methoxy groups -OCH3 is 3. The van der Waals surface area contributed by atoms with Crippen molar-refractivity contribution in [1.82, 2.24) is 0 Å². The third kappa shape index (κ3) is 4.95. The topological polar surface area (TPSA) is 86.3 Å². The molecule has 0 unspecified atom stereocenters. The minimum absolute atomic E-state index is 0.00481. The van der Waals surface area contributed by atoms with Crippen molar-refractivity contribution in [2.75, 3.05) is 58.0 Å². The van der Waals surface area contributed by atoms with Gasteiger partial charge in [0, 0.05) is 20.3 Å². The highest BCUT2D eigenvalue weighted by Crippen LogP contribution is 2.33. The van der Waals surface area contributed by atoms with E-state index in [4.69, 9.17) is 18.9 Å². The lowest BCUT2D eigenvalue weighted by molar-refractivity contribution is -0.140. The summed E-state index contributed by atoms with van der Waals surface area (Å²) in [6.45, 7) is 0.971. The van der Waals surface area contributed by atoms with Crippen LogP contribution in [-0.2, 0) is 28.5 Å². The molecule has 1 aromatic rings. The van der Waals surface area contributed by atoms with Gasteiger partial charge in [-0.2, -0.15) is 0 Å². The first-order valence-electron chi connectivity index (χ1n) is 8.30. The van der Waals surface area contributed by atoms with Gasteiger partial charge in [-0.3, -0.25) is 0 Å². The monoisotopic (exact) mass is 382 g/mol. The summed E-state index contributed by atoms with van der Waals surface area (Å²) < 4.78 is 33.9. The van der Waals surface area contributed by atoms with Gasteiger partial charge in [0.05, 0.1) is 37.8 Å². The highest BCUT2D eigenvalue weighted by Gasteiger charge is 2.33. The van der Waals surface area contributed by atoms with Crippen LogP contribution in [0.15, 0.2) is 29.5 Å². The zero-order valence-corrected chi connectivity index (χ0v) is 15.5. The molecule has 0 spiro atoms. The highest BCUT2D eigenvalue weighted by molar-refractivity contribution is 6.04. The average Bonchev–Trinajstić information content (AvgIpc) is 2.70. The number of ether oxygens (including phenoxy) is 4. The Balaban J connectivity index is 2.45. The maximum Gasteiger partial charge on any atom is 0.355 e. The lowest BCUT2D eigenvalue weighted by Gasteiger charge is -2.32. The lowest BCUT2D eigenvalue weighted by atomic mass is 10.1. The Labute approximate surface area is 156 Å². The number of carbonyl (C=O) groups excluding carboxylic acids is 2. The molecule has 0 atom stereocenters. The van der Waals surface area contributed by atoms with Gasteiger partial charge in [0.2, 0.25) is 0 Å². The molecule has 0 amide bonds. The largest absolute Gasteiger partial charge is 0.466 e. The van der Waals surface area contributed by atoms with Gasteiger partial charge in [0.1, 0.15) is 18.2 Å². The molecular weight excluding hydrogens is 359 g/mol. The van der Waals surface area contributed by atoms with Crippen molar-refractivity contribution >= 4 is 23.3 Å². The molecule has 0 aromatic heterocycles. The SMILES string of the molecule is COCCCNc1ccc(F)cc1N1COCC(C(=O)OC)=C1C(=O)OC. The highest BCUT2D eigenvalue weighted by atomic mass is 19.1. The summed E-state index contributed by atoms with van der Waals surface area (Å²) in [4.78, 5) is 25.8. The van der Waals surface area contributed by atoms with Gasteiger partial charge in [-0.1, -0.05) is 0 Å². The van der Waals surface area contributed by atoms with Gasteiger partial charge in [-0.15, -0.1) is 0 Å². The van der Waals surface area contributed by atoms with Crippen molar-refractivity contribution < 1.29 is 32.9 Å². The van der Waals surface area contributed by atoms with Crippen molar-refractivity contribution in [1.29, 1.82) is 0 Å². The van der Waals surface area contributed by atoms with E-state index < -0.39 is 17.8 Å². The van der Waals surface area contributed by atoms with Crippen LogP contribution < -0.4 is 10.2 Å². The number of halogens is 1. The molecule has 0 saturated heterocycles. The first kappa shape index (κ1) is 20.7. The van der Waals surface area contributed by atoms with Crippen molar-refractivity contribution in [2.24, 2.45) is 0 Å². The molecule has 2 rings (SSSR count). The quantitative estimate of drug-likeness (QED) is 0.537. The number of rotatable bonds is 8. The second-order valence-corrected chi connectivity index (χ2v) is 5.65. The minimum atomic E-state index is -0.742. The van der Waals surface area contributed by atoms with E-state index >= 15 is 0 Å². The minimum Gasteiger partial charge on any atom is -0.466 e. The van der Waals surface area contributed by atoms with E-state index in [1.165, 1.54) is 31.3 Å². The molecular formula is C18H23FN2O6. The number of nitrogens with one attached hydrogen (secondary N) is 1. The molecule has 0 fully saturated rings. The van der Waals surface area contributed by atoms with Crippen LogP contribution in [-0.4, -0.2) is 59.8 Å². The van der Waals surface area contributed by atoms with Crippen molar-refractivity contribution in [3.63, 3.8) is 0 Å². The standard InChI is InChI=1S/C18H23FN2O6/c1-24-8-4-7-20-14-6-5-12(19)9-15(14)21-11-27-10-13(17(22)25-2)16(21)18(23)26-3/h5-6,9,20H,4,7-8,10-11H2,1-3H3. The van der Waals surface area contributed by atoms with Crippen LogP contribution in [0.4, 0.5) is 15.8 Å². The number of benzene rings is 1. The molecule has 1 N–H and O–H groups in total. The Morgan fingerprint density at radius 2 is 1.96 bits per heavy atom. The maximum absolute atomic E-state index is 13.9. The first-order valence-corrected chi connectivity index (χ1v) is 8.30. The predicted molar refractivity (Wildman–Crippen MR) is 95.7 cm³/mol. The first-order chi connectivity index (χ1) is 13.0. The summed E-state index contributed by atoms with van der Waals surface area (Å²) in [5.41, 5.74) is 0.879. The summed E-state index contributed by atoms with van der Waals surface area (Å²) in [6, 6.07) is 4.11. The van der Waals surface area contributed by atoms with Crippen LogP contribution >= 0.6 is 0 Å². The van der Waals surface area contributed by atoms with Gasteiger partial charge in [-0.25, -0.2) is 14.0 Å². The van der Waals surface area contributed by atoms with Gasteiger partial charge < -0.3 is 29.2 Å². The molecule has 0 saturated carbocycles. The molecule has 0 bridgehead atoms. The second-order valence-electron chi connectivity index (χ2n) is 5.65. The molecule has 9 heteroatoms. The van der Waals surface area contributed by atoms with Gasteiger partial charge in [0.25, 0.3) is 0 Å². The predicted octanol–water partition coefficient (Wildman–Crippen LogP) is 1.67. The number of anilines is 2. The van der Waals surface area contributed by atoms with Crippen molar-refractivity contribution in [3.05, 3.63) is 35.3 Å². The smallest absolute Gasteiger partial charge is 0.355 e. The molecule has 27 heavy (non-hydrogen) atoms. The summed E-state index contributed by atoms with van der Waals surface area (Å²) in [6.07, 6.45) is 0.733. The fourth-order valence-corrected chi connectivity index (χ4v) is 2.65. The molecule has 0 radical (unpaired) electrons. The number of hydrogen-bond acceptors (Lipinski definition) is 8. The Kier molecular flexibility index (Phi) is 7.56. The fourth-order valence-electron chi connectivity index (χ4n) is 2.65. The van der Waals surface area contributed by atoms with Crippen molar-refractivity contribution in [2.45, 2.75) is 6.42 Å². The Bertz CT molecular complexity index is 722. The molecule has 148 valence electrons. The van der Waals surface area contributed by atoms with Gasteiger partial charge in [0.15, 0.2) is 0 Å². The number of hydrogen-bond donors (Lipinski definition) is 1. The zero-order valence-electron chi connectivity index (χ0n) is 15.5. The van der Waals surface area contributed by atoms with E-state index in [1.54, 1.807) is 13.2 Å². The van der Waals surface area contributed by atoms with Gasteiger partial charge >= 0.3 is 11.9 Å². The van der Waals surface area contributed by atoms with Crippen LogP contribution in [0.5, 0.6) is 0 Å². The Morgan fingerprint density at radius 1 is 1.22 bits per heavy atom. The summed E-state index contributed by atoms with van der Waals surface area (Å²) in [7, 11) is 4.01. The van der Waals surface area contributed by atoms with E-state index in [0.717, 1.165) is 6.42 Å².